The Labute approximate surface area is 136 Å². The highest BCUT2D eigenvalue weighted by molar-refractivity contribution is 5.81. The number of fused-ring (bicyclic) bond motifs is 1. The van der Waals surface area contributed by atoms with Gasteiger partial charge in [0.2, 0.25) is 0 Å². The first-order chi connectivity index (χ1) is 11.4. The van der Waals surface area contributed by atoms with Crippen LogP contribution in [0.2, 0.25) is 0 Å². The zero-order chi connectivity index (χ0) is 15.5. The van der Waals surface area contributed by atoms with Gasteiger partial charge in [-0.2, -0.15) is 0 Å². The lowest BCUT2D eigenvalue weighted by Gasteiger charge is -2.31. The fourth-order valence-corrected chi connectivity index (χ4v) is 3.44. The highest BCUT2D eigenvalue weighted by Gasteiger charge is 2.22. The van der Waals surface area contributed by atoms with Gasteiger partial charge in [-0.3, -0.25) is 19.9 Å². The predicted molar refractivity (Wildman–Crippen MR) is 91.0 cm³/mol. The smallest absolute Gasteiger partial charge is 0.0746 e. The van der Waals surface area contributed by atoms with Gasteiger partial charge >= 0.3 is 0 Å². The number of para-hydroxylation sites is 1. The lowest BCUT2D eigenvalue weighted by atomic mass is 9.93. The topological polar surface area (TPSA) is 41.9 Å². The van der Waals surface area contributed by atoms with Crippen LogP contribution in [-0.2, 0) is 6.54 Å². The largest absolute Gasteiger partial charge is 0.299 e. The third kappa shape index (κ3) is 3.08. The molecule has 0 amide bonds. The molecule has 1 aliphatic heterocycles. The molecular formula is C19H20N4. The first-order valence-corrected chi connectivity index (χ1v) is 8.21. The van der Waals surface area contributed by atoms with Crippen LogP contribution in [0.25, 0.3) is 10.9 Å². The van der Waals surface area contributed by atoms with E-state index in [-0.39, 0.29) is 0 Å². The van der Waals surface area contributed by atoms with Crippen molar-refractivity contribution in [2.24, 2.45) is 0 Å². The number of rotatable bonds is 3. The van der Waals surface area contributed by atoms with Gasteiger partial charge in [-0.05, 0) is 37.6 Å². The van der Waals surface area contributed by atoms with Gasteiger partial charge in [-0.1, -0.05) is 24.3 Å². The molecule has 2 aromatic heterocycles. The van der Waals surface area contributed by atoms with Crippen molar-refractivity contribution in [3.05, 3.63) is 66.4 Å². The van der Waals surface area contributed by atoms with Gasteiger partial charge in [-0.15, -0.1) is 0 Å². The van der Waals surface area contributed by atoms with E-state index < -0.39 is 0 Å². The van der Waals surface area contributed by atoms with E-state index in [1.54, 1.807) is 12.4 Å². The zero-order valence-electron chi connectivity index (χ0n) is 13.1. The van der Waals surface area contributed by atoms with E-state index in [9.17, 15) is 0 Å². The van der Waals surface area contributed by atoms with Crippen LogP contribution in [-0.4, -0.2) is 32.9 Å². The standard InChI is InChI=1S/C19H20N4/c1-3-16-5-2-8-22-19(16)17(4-1)14-23-11-6-15(7-12-23)18-13-20-9-10-21-18/h1-5,8-10,13,15H,6-7,11-12,14H2. The number of hydrogen-bond donors (Lipinski definition) is 0. The molecule has 4 heteroatoms. The third-order valence-corrected chi connectivity index (χ3v) is 4.70. The molecule has 0 saturated carbocycles. The number of pyridine rings is 1. The second kappa shape index (κ2) is 6.42. The quantitative estimate of drug-likeness (QED) is 0.743. The minimum Gasteiger partial charge on any atom is -0.299 e. The Bertz CT molecular complexity index is 774. The molecule has 0 spiro atoms. The number of aromatic nitrogens is 3. The van der Waals surface area contributed by atoms with E-state index >= 15 is 0 Å². The van der Waals surface area contributed by atoms with E-state index in [1.807, 2.05) is 18.5 Å². The molecule has 0 N–H and O–H groups in total. The maximum atomic E-state index is 4.56. The summed E-state index contributed by atoms with van der Waals surface area (Å²) in [6, 6.07) is 10.6. The summed E-state index contributed by atoms with van der Waals surface area (Å²) in [6.07, 6.45) is 9.63. The maximum absolute atomic E-state index is 4.56. The maximum Gasteiger partial charge on any atom is 0.0746 e. The molecule has 3 heterocycles. The summed E-state index contributed by atoms with van der Waals surface area (Å²) in [7, 11) is 0. The SMILES string of the molecule is c1cnc2c(CN3CCC(c4cnccn4)CC3)cccc2c1. The monoisotopic (exact) mass is 304 g/mol. The molecule has 0 aliphatic carbocycles. The van der Waals surface area contributed by atoms with Crippen LogP contribution in [0, 0.1) is 0 Å². The number of benzene rings is 1. The summed E-state index contributed by atoms with van der Waals surface area (Å²) in [5.41, 5.74) is 3.59. The molecule has 1 aliphatic rings. The molecule has 1 saturated heterocycles. The molecule has 4 nitrogen and oxygen atoms in total. The van der Waals surface area contributed by atoms with Crippen molar-refractivity contribution in [3.63, 3.8) is 0 Å². The lowest BCUT2D eigenvalue weighted by Crippen LogP contribution is -2.32. The van der Waals surface area contributed by atoms with Crippen molar-refractivity contribution in [3.8, 4) is 0 Å². The molecule has 3 aromatic rings. The van der Waals surface area contributed by atoms with Crippen molar-refractivity contribution in [2.45, 2.75) is 25.3 Å². The summed E-state index contributed by atoms with van der Waals surface area (Å²) in [6.45, 7) is 3.18. The molecule has 0 unspecified atom stereocenters. The van der Waals surface area contributed by atoms with Crippen LogP contribution in [0.1, 0.15) is 30.0 Å². The van der Waals surface area contributed by atoms with Crippen molar-refractivity contribution >= 4 is 10.9 Å². The van der Waals surface area contributed by atoms with Crippen molar-refractivity contribution in [1.82, 2.24) is 19.9 Å². The highest BCUT2D eigenvalue weighted by Crippen LogP contribution is 2.27. The Hall–Kier alpha value is -2.33. The minimum atomic E-state index is 0.547. The molecule has 4 rings (SSSR count). The number of likely N-dealkylation sites (tertiary alicyclic amines) is 1. The van der Waals surface area contributed by atoms with Crippen molar-refractivity contribution in [1.29, 1.82) is 0 Å². The van der Waals surface area contributed by atoms with Gasteiger partial charge in [-0.25, -0.2) is 0 Å². The number of hydrogen-bond acceptors (Lipinski definition) is 4. The average molecular weight is 304 g/mol. The van der Waals surface area contributed by atoms with Crippen LogP contribution in [0.4, 0.5) is 0 Å². The Morgan fingerprint density at radius 1 is 0.957 bits per heavy atom. The fraction of sp³-hybridized carbons (Fsp3) is 0.316. The van der Waals surface area contributed by atoms with Crippen LogP contribution in [0.3, 0.4) is 0 Å². The van der Waals surface area contributed by atoms with Crippen LogP contribution < -0.4 is 0 Å². The lowest BCUT2D eigenvalue weighted by molar-refractivity contribution is 0.203. The summed E-state index contributed by atoms with van der Waals surface area (Å²) in [4.78, 5) is 15.7. The zero-order valence-corrected chi connectivity index (χ0v) is 13.1. The van der Waals surface area contributed by atoms with Crippen LogP contribution >= 0.6 is 0 Å². The molecular weight excluding hydrogens is 284 g/mol. The number of nitrogens with zero attached hydrogens (tertiary/aromatic N) is 4. The molecule has 0 atom stereocenters. The second-order valence-electron chi connectivity index (χ2n) is 6.17. The highest BCUT2D eigenvalue weighted by atomic mass is 15.1. The fourth-order valence-electron chi connectivity index (χ4n) is 3.44. The van der Waals surface area contributed by atoms with Gasteiger partial charge in [0.1, 0.15) is 0 Å². The van der Waals surface area contributed by atoms with Crippen LogP contribution in [0.15, 0.2) is 55.1 Å². The summed E-state index contributed by atoms with van der Waals surface area (Å²) in [5.74, 6) is 0.547. The summed E-state index contributed by atoms with van der Waals surface area (Å²) in [5, 5.41) is 1.22. The van der Waals surface area contributed by atoms with E-state index in [1.165, 1.54) is 10.9 Å². The van der Waals surface area contributed by atoms with E-state index in [0.717, 1.165) is 43.7 Å². The Morgan fingerprint density at radius 3 is 2.65 bits per heavy atom. The Balaban J connectivity index is 1.45. The molecule has 23 heavy (non-hydrogen) atoms. The predicted octanol–water partition coefficient (Wildman–Crippen LogP) is 3.40. The Morgan fingerprint density at radius 2 is 1.83 bits per heavy atom. The number of piperidine rings is 1. The molecule has 0 bridgehead atoms. The van der Waals surface area contributed by atoms with Crippen molar-refractivity contribution < 1.29 is 0 Å². The van der Waals surface area contributed by atoms with Crippen molar-refractivity contribution in [2.75, 3.05) is 13.1 Å². The third-order valence-electron chi connectivity index (χ3n) is 4.70. The molecule has 0 radical (unpaired) electrons. The minimum absolute atomic E-state index is 0.547. The van der Waals surface area contributed by atoms with E-state index in [2.05, 4.69) is 44.1 Å². The normalized spacial score (nSPS) is 16.7. The van der Waals surface area contributed by atoms with Gasteiger partial charge < -0.3 is 0 Å². The Kier molecular flexibility index (Phi) is 3.99. The first-order valence-electron chi connectivity index (χ1n) is 8.21. The van der Waals surface area contributed by atoms with Crippen LogP contribution in [0.5, 0.6) is 0 Å². The van der Waals surface area contributed by atoms with Gasteiger partial charge in [0.05, 0.1) is 11.2 Å². The van der Waals surface area contributed by atoms with Gasteiger partial charge in [0.15, 0.2) is 0 Å². The second-order valence-corrected chi connectivity index (χ2v) is 6.17. The molecule has 116 valence electrons. The van der Waals surface area contributed by atoms with E-state index in [0.29, 0.717) is 5.92 Å². The van der Waals surface area contributed by atoms with Gasteiger partial charge in [0, 0.05) is 42.6 Å². The molecule has 1 fully saturated rings. The molecule has 1 aromatic carbocycles. The summed E-state index contributed by atoms with van der Waals surface area (Å²) >= 11 is 0. The average Bonchev–Trinajstić information content (AvgIpc) is 2.63. The first kappa shape index (κ1) is 14.3. The summed E-state index contributed by atoms with van der Waals surface area (Å²) < 4.78 is 0. The van der Waals surface area contributed by atoms with Gasteiger partial charge in [0.25, 0.3) is 0 Å². The van der Waals surface area contributed by atoms with E-state index in [4.69, 9.17) is 0 Å².